The van der Waals surface area contributed by atoms with Gasteiger partial charge in [0.05, 0.1) is 16.1 Å². The lowest BCUT2D eigenvalue weighted by atomic mass is 10.1. The number of imidazole rings is 1. The summed E-state index contributed by atoms with van der Waals surface area (Å²) in [5, 5.41) is 10.1. The van der Waals surface area contributed by atoms with Gasteiger partial charge >= 0.3 is 0 Å². The summed E-state index contributed by atoms with van der Waals surface area (Å²) in [4.78, 5) is 16.3. The van der Waals surface area contributed by atoms with Crippen LogP contribution in [-0.4, -0.2) is 32.7 Å². The predicted molar refractivity (Wildman–Crippen MR) is 95.7 cm³/mol. The van der Waals surface area contributed by atoms with Crippen LogP contribution in [0, 0.1) is 11.8 Å². The Kier molecular flexibility index (Phi) is 3.62. The second-order valence-electron chi connectivity index (χ2n) is 5.79. The largest absolute Gasteiger partial charge is 0.373 e. The number of nitrogens with one attached hydrogen (secondary N) is 2. The van der Waals surface area contributed by atoms with E-state index in [1.165, 1.54) is 0 Å². The van der Waals surface area contributed by atoms with Gasteiger partial charge in [-0.2, -0.15) is 5.10 Å². The molecule has 0 bridgehead atoms. The number of aryl methyl sites for hydroxylation is 2. The Labute approximate surface area is 148 Å². The van der Waals surface area contributed by atoms with Crippen molar-refractivity contribution >= 4 is 34.4 Å². The van der Waals surface area contributed by atoms with Gasteiger partial charge in [0.25, 0.3) is 5.91 Å². The van der Waals surface area contributed by atoms with Gasteiger partial charge in [-0.05, 0) is 24.5 Å². The van der Waals surface area contributed by atoms with E-state index in [0.717, 1.165) is 36.2 Å². The van der Waals surface area contributed by atoms with Crippen LogP contribution >= 0.6 is 11.6 Å². The molecule has 0 spiro atoms. The molecule has 0 saturated carbocycles. The summed E-state index contributed by atoms with van der Waals surface area (Å²) in [6, 6.07) is 3.76. The molecule has 4 N–H and O–H groups in total. The van der Waals surface area contributed by atoms with Crippen molar-refractivity contribution in [3.05, 3.63) is 39.8 Å². The van der Waals surface area contributed by atoms with Crippen LogP contribution < -0.4 is 11.1 Å². The summed E-state index contributed by atoms with van der Waals surface area (Å²) in [7, 11) is 1.67. The monoisotopic (exact) mass is 354 g/mol. The average molecular weight is 355 g/mol. The number of aromatic amines is 1. The molecule has 1 aliphatic heterocycles. The Bertz CT molecular complexity index is 1070. The summed E-state index contributed by atoms with van der Waals surface area (Å²) in [6.07, 6.45) is 2.09. The highest BCUT2D eigenvalue weighted by Crippen LogP contribution is 2.28. The summed E-state index contributed by atoms with van der Waals surface area (Å²) in [6.45, 7) is 0.967. The minimum Gasteiger partial charge on any atom is -0.373 e. The standard InChI is InChI=1S/C17H15ClN6O/c1-20-17-15(16(19)25)11(22-23-17)5-4-9-7-12-13(8-10(9)18)24-6-2-3-14(24)21-12/h7-8H,2-3,6H2,1H3,(H2,19,25)(H2,20,22,23). The molecule has 0 aliphatic carbocycles. The number of nitrogens with zero attached hydrogens (tertiary/aromatic N) is 3. The first-order valence-corrected chi connectivity index (χ1v) is 8.23. The predicted octanol–water partition coefficient (Wildman–Crippen LogP) is 1.90. The highest BCUT2D eigenvalue weighted by Gasteiger charge is 2.18. The normalized spacial score (nSPS) is 12.7. The average Bonchev–Trinajstić information content (AvgIpc) is 3.26. The molecular weight excluding hydrogens is 340 g/mol. The van der Waals surface area contributed by atoms with Crippen molar-refractivity contribution in [2.24, 2.45) is 5.73 Å². The zero-order valence-electron chi connectivity index (χ0n) is 13.5. The number of rotatable bonds is 2. The van der Waals surface area contributed by atoms with Gasteiger partial charge in [0, 0.05) is 25.6 Å². The molecule has 3 heterocycles. The van der Waals surface area contributed by atoms with E-state index in [0.29, 0.717) is 16.4 Å². The van der Waals surface area contributed by atoms with E-state index >= 15 is 0 Å². The van der Waals surface area contributed by atoms with Crippen LogP contribution in [0.3, 0.4) is 0 Å². The van der Waals surface area contributed by atoms with E-state index in [-0.39, 0.29) is 11.3 Å². The summed E-state index contributed by atoms with van der Waals surface area (Å²) >= 11 is 6.39. The lowest BCUT2D eigenvalue weighted by Gasteiger charge is -2.00. The molecule has 1 aliphatic rings. The molecule has 126 valence electrons. The fourth-order valence-electron chi connectivity index (χ4n) is 3.11. The molecular formula is C17H15ClN6O. The zero-order valence-corrected chi connectivity index (χ0v) is 14.2. The Morgan fingerprint density at radius 1 is 1.44 bits per heavy atom. The van der Waals surface area contributed by atoms with Crippen molar-refractivity contribution in [1.29, 1.82) is 0 Å². The Morgan fingerprint density at radius 3 is 3.04 bits per heavy atom. The SMILES string of the molecule is CNc1[nH]nc(C#Cc2cc3nc4n(c3cc2Cl)CCC4)c1C(N)=O. The number of primary amides is 1. The number of aromatic nitrogens is 4. The Morgan fingerprint density at radius 2 is 2.28 bits per heavy atom. The van der Waals surface area contributed by atoms with E-state index in [4.69, 9.17) is 17.3 Å². The molecule has 0 atom stereocenters. The van der Waals surface area contributed by atoms with Gasteiger partial charge in [0.15, 0.2) is 0 Å². The van der Waals surface area contributed by atoms with Gasteiger partial charge in [0.1, 0.15) is 22.9 Å². The van der Waals surface area contributed by atoms with Crippen molar-refractivity contribution in [2.45, 2.75) is 19.4 Å². The van der Waals surface area contributed by atoms with Crippen LogP contribution in [0.25, 0.3) is 11.0 Å². The molecule has 25 heavy (non-hydrogen) atoms. The molecule has 7 nitrogen and oxygen atoms in total. The molecule has 1 amide bonds. The topological polar surface area (TPSA) is 102 Å². The maximum absolute atomic E-state index is 11.6. The van der Waals surface area contributed by atoms with Gasteiger partial charge in [-0.3, -0.25) is 9.89 Å². The quantitative estimate of drug-likeness (QED) is 0.612. The second-order valence-corrected chi connectivity index (χ2v) is 6.20. The number of benzene rings is 1. The van der Waals surface area contributed by atoms with Crippen molar-refractivity contribution in [1.82, 2.24) is 19.7 Å². The van der Waals surface area contributed by atoms with Crippen LogP contribution in [0.15, 0.2) is 12.1 Å². The van der Waals surface area contributed by atoms with Crippen LogP contribution in [0.1, 0.15) is 33.9 Å². The van der Waals surface area contributed by atoms with Crippen molar-refractivity contribution in [3.8, 4) is 11.8 Å². The number of hydrogen-bond donors (Lipinski definition) is 3. The minimum atomic E-state index is -0.602. The third kappa shape index (κ3) is 2.51. The van der Waals surface area contributed by atoms with Crippen molar-refractivity contribution < 1.29 is 4.79 Å². The number of hydrogen-bond acceptors (Lipinski definition) is 4. The van der Waals surface area contributed by atoms with Crippen molar-refractivity contribution in [2.75, 3.05) is 12.4 Å². The number of anilines is 1. The van der Waals surface area contributed by atoms with E-state index in [1.807, 2.05) is 12.1 Å². The summed E-state index contributed by atoms with van der Waals surface area (Å²) in [5.74, 6) is 6.75. The highest BCUT2D eigenvalue weighted by molar-refractivity contribution is 6.32. The Hall–Kier alpha value is -2.98. The van der Waals surface area contributed by atoms with E-state index in [1.54, 1.807) is 7.05 Å². The van der Waals surface area contributed by atoms with Crippen LogP contribution in [0.5, 0.6) is 0 Å². The molecule has 0 radical (unpaired) electrons. The second kappa shape index (κ2) is 5.83. The fraction of sp³-hybridized carbons (Fsp3) is 0.235. The first kappa shape index (κ1) is 15.5. The van der Waals surface area contributed by atoms with E-state index < -0.39 is 5.91 Å². The number of halogens is 1. The summed E-state index contributed by atoms with van der Waals surface area (Å²) < 4.78 is 2.19. The first-order valence-electron chi connectivity index (χ1n) is 7.85. The van der Waals surface area contributed by atoms with Gasteiger partial charge in [-0.25, -0.2) is 4.98 Å². The number of fused-ring (bicyclic) bond motifs is 3. The number of carbonyl (C=O) groups is 1. The molecule has 2 aromatic heterocycles. The molecule has 0 unspecified atom stereocenters. The number of amides is 1. The molecule has 0 fully saturated rings. The fourth-order valence-corrected chi connectivity index (χ4v) is 3.31. The summed E-state index contributed by atoms with van der Waals surface area (Å²) in [5.41, 5.74) is 8.44. The number of nitrogens with two attached hydrogens (primary N) is 1. The molecule has 0 saturated heterocycles. The van der Waals surface area contributed by atoms with E-state index in [2.05, 4.69) is 36.9 Å². The molecule has 8 heteroatoms. The van der Waals surface area contributed by atoms with Gasteiger partial charge < -0.3 is 15.6 Å². The molecule has 3 aromatic rings. The minimum absolute atomic E-state index is 0.230. The van der Waals surface area contributed by atoms with E-state index in [9.17, 15) is 4.79 Å². The van der Waals surface area contributed by atoms with Crippen molar-refractivity contribution in [3.63, 3.8) is 0 Å². The third-order valence-corrected chi connectivity index (χ3v) is 4.59. The number of carbonyl (C=O) groups excluding carboxylic acids is 1. The van der Waals surface area contributed by atoms with Gasteiger partial charge in [-0.15, -0.1) is 0 Å². The van der Waals surface area contributed by atoms with Gasteiger partial charge in [-0.1, -0.05) is 17.5 Å². The Balaban J connectivity index is 1.78. The lowest BCUT2D eigenvalue weighted by molar-refractivity contribution is 0.100. The zero-order chi connectivity index (χ0) is 17.6. The maximum Gasteiger partial charge on any atom is 0.255 e. The maximum atomic E-state index is 11.6. The number of H-pyrrole nitrogens is 1. The first-order chi connectivity index (χ1) is 12.1. The molecule has 1 aromatic carbocycles. The van der Waals surface area contributed by atoms with Crippen LogP contribution in [-0.2, 0) is 13.0 Å². The molecule has 4 rings (SSSR count). The van der Waals surface area contributed by atoms with Crippen LogP contribution in [0.2, 0.25) is 5.02 Å². The lowest BCUT2D eigenvalue weighted by Crippen LogP contribution is -2.13. The smallest absolute Gasteiger partial charge is 0.255 e. The van der Waals surface area contributed by atoms with Crippen LogP contribution in [0.4, 0.5) is 5.82 Å². The highest BCUT2D eigenvalue weighted by atomic mass is 35.5. The van der Waals surface area contributed by atoms with Gasteiger partial charge in [0.2, 0.25) is 0 Å². The third-order valence-electron chi connectivity index (χ3n) is 4.28.